The van der Waals surface area contributed by atoms with Gasteiger partial charge in [-0.1, -0.05) is 12.1 Å². The molecule has 1 aromatic carbocycles. The molecule has 0 heterocycles. The van der Waals surface area contributed by atoms with Gasteiger partial charge >= 0.3 is 12.6 Å². The van der Waals surface area contributed by atoms with Gasteiger partial charge in [-0.3, -0.25) is 4.79 Å². The number of ether oxygens (including phenoxy) is 1. The molecule has 17 heavy (non-hydrogen) atoms. The molecule has 0 aliphatic rings. The van der Waals surface area contributed by atoms with Crippen molar-refractivity contribution in [2.24, 2.45) is 5.92 Å². The summed E-state index contributed by atoms with van der Waals surface area (Å²) in [5.41, 5.74) is 0.335. The third-order valence-corrected chi connectivity index (χ3v) is 2.31. The molecule has 0 amide bonds. The van der Waals surface area contributed by atoms with Crippen LogP contribution in [0.2, 0.25) is 0 Å². The Balaban J connectivity index is 2.76. The molecule has 0 aromatic heterocycles. The average molecular weight is 246 g/mol. The average Bonchev–Trinajstić information content (AvgIpc) is 2.27. The van der Waals surface area contributed by atoms with Crippen molar-refractivity contribution in [1.82, 2.24) is 0 Å². The minimum Gasteiger partial charge on any atom is -0.481 e. The van der Waals surface area contributed by atoms with E-state index >= 15 is 0 Å². The van der Waals surface area contributed by atoms with Gasteiger partial charge in [0, 0.05) is 0 Å². The summed E-state index contributed by atoms with van der Waals surface area (Å²) in [6.07, 6.45) is -1.19. The largest absolute Gasteiger partial charge is 0.481 e. The normalized spacial score (nSPS) is 14.4. The van der Waals surface area contributed by atoms with Crippen molar-refractivity contribution in [3.8, 4) is 5.75 Å². The van der Waals surface area contributed by atoms with Crippen molar-refractivity contribution < 1.29 is 28.5 Å². The lowest BCUT2D eigenvalue weighted by atomic mass is 9.98. The molecule has 6 heteroatoms. The van der Waals surface area contributed by atoms with Crippen molar-refractivity contribution >= 4 is 5.97 Å². The number of carbonyl (C=O) groups is 1. The van der Waals surface area contributed by atoms with E-state index < -0.39 is 24.6 Å². The van der Waals surface area contributed by atoms with Crippen molar-refractivity contribution in [1.29, 1.82) is 0 Å². The van der Waals surface area contributed by atoms with Gasteiger partial charge in [0.15, 0.2) is 0 Å². The minimum absolute atomic E-state index is 0.0427. The number of alkyl halides is 2. The maximum atomic E-state index is 11.9. The zero-order chi connectivity index (χ0) is 13.0. The predicted octanol–water partition coefficient (Wildman–Crippen LogP) is 2.04. The fourth-order valence-corrected chi connectivity index (χ4v) is 1.27. The first-order valence-corrected chi connectivity index (χ1v) is 4.87. The summed E-state index contributed by atoms with van der Waals surface area (Å²) in [4.78, 5) is 10.6. The Morgan fingerprint density at radius 1 is 1.29 bits per heavy atom. The van der Waals surface area contributed by atoms with E-state index in [9.17, 15) is 18.7 Å². The standard InChI is InChI=1S/C11H12F2O4/c1-6(10(15)16)9(14)7-2-4-8(5-3-7)17-11(12)13/h2-6,9,11,14H,1H3,(H,15,16)/t6-,9-/m1/s1. The topological polar surface area (TPSA) is 66.8 Å². The number of hydrogen-bond acceptors (Lipinski definition) is 3. The van der Waals surface area contributed by atoms with Crippen molar-refractivity contribution in [3.05, 3.63) is 29.8 Å². The van der Waals surface area contributed by atoms with Crippen LogP contribution in [0.15, 0.2) is 24.3 Å². The van der Waals surface area contributed by atoms with Gasteiger partial charge in [0.1, 0.15) is 5.75 Å². The molecule has 2 atom stereocenters. The lowest BCUT2D eigenvalue weighted by Gasteiger charge is -2.15. The van der Waals surface area contributed by atoms with Crippen molar-refractivity contribution in [2.75, 3.05) is 0 Å². The molecule has 0 saturated heterocycles. The van der Waals surface area contributed by atoms with Crippen LogP contribution in [0.5, 0.6) is 5.75 Å². The Labute approximate surface area is 96.5 Å². The third-order valence-electron chi connectivity index (χ3n) is 2.31. The number of aliphatic hydroxyl groups is 1. The van der Waals surface area contributed by atoms with E-state index in [0.29, 0.717) is 5.56 Å². The number of hydrogen-bond donors (Lipinski definition) is 2. The summed E-state index contributed by atoms with van der Waals surface area (Å²) in [5, 5.41) is 18.4. The second-order valence-electron chi connectivity index (χ2n) is 3.52. The van der Waals surface area contributed by atoms with Gasteiger partial charge in [-0.15, -0.1) is 0 Å². The molecule has 0 unspecified atom stereocenters. The van der Waals surface area contributed by atoms with E-state index in [1.165, 1.54) is 31.2 Å². The monoisotopic (exact) mass is 246 g/mol. The van der Waals surface area contributed by atoms with Gasteiger partial charge in [-0.25, -0.2) is 0 Å². The van der Waals surface area contributed by atoms with Gasteiger partial charge < -0.3 is 14.9 Å². The molecular weight excluding hydrogens is 234 g/mol. The van der Waals surface area contributed by atoms with Gasteiger partial charge in [0.2, 0.25) is 0 Å². The summed E-state index contributed by atoms with van der Waals surface area (Å²) >= 11 is 0. The summed E-state index contributed by atoms with van der Waals surface area (Å²) in [6, 6.07) is 5.20. The lowest BCUT2D eigenvalue weighted by Crippen LogP contribution is -2.18. The molecule has 2 N–H and O–H groups in total. The van der Waals surface area contributed by atoms with Gasteiger partial charge in [0.05, 0.1) is 12.0 Å². The fourth-order valence-electron chi connectivity index (χ4n) is 1.27. The molecule has 0 bridgehead atoms. The highest BCUT2D eigenvalue weighted by atomic mass is 19.3. The quantitative estimate of drug-likeness (QED) is 0.834. The van der Waals surface area contributed by atoms with Crippen LogP contribution < -0.4 is 4.74 Å². The highest BCUT2D eigenvalue weighted by Crippen LogP contribution is 2.24. The molecule has 0 radical (unpaired) electrons. The summed E-state index contributed by atoms with van der Waals surface area (Å²) in [7, 11) is 0. The SMILES string of the molecule is C[C@@H](C(=O)O)[C@@H](O)c1ccc(OC(F)F)cc1. The Morgan fingerprint density at radius 2 is 1.82 bits per heavy atom. The molecule has 1 aromatic rings. The minimum atomic E-state index is -2.91. The molecular formula is C11H12F2O4. The highest BCUT2D eigenvalue weighted by molar-refractivity contribution is 5.70. The Bertz CT molecular complexity index is 378. The highest BCUT2D eigenvalue weighted by Gasteiger charge is 2.22. The first kappa shape index (κ1) is 13.4. The number of benzene rings is 1. The van der Waals surface area contributed by atoms with Gasteiger partial charge in [-0.05, 0) is 24.6 Å². The van der Waals surface area contributed by atoms with Crippen LogP contribution in [0, 0.1) is 5.92 Å². The predicted molar refractivity (Wildman–Crippen MR) is 54.8 cm³/mol. The zero-order valence-electron chi connectivity index (χ0n) is 9.01. The molecule has 0 aliphatic carbocycles. The van der Waals surface area contributed by atoms with Crippen LogP contribution in [0.4, 0.5) is 8.78 Å². The number of rotatable bonds is 5. The van der Waals surface area contributed by atoms with Crippen molar-refractivity contribution in [2.45, 2.75) is 19.6 Å². The van der Waals surface area contributed by atoms with Crippen LogP contribution in [0.1, 0.15) is 18.6 Å². The number of halogens is 2. The van der Waals surface area contributed by atoms with Crippen LogP contribution in [-0.2, 0) is 4.79 Å². The molecule has 0 spiro atoms. The molecule has 0 saturated carbocycles. The molecule has 94 valence electrons. The van der Waals surface area contributed by atoms with Crippen LogP contribution >= 0.6 is 0 Å². The maximum Gasteiger partial charge on any atom is 0.387 e. The summed E-state index contributed by atoms with van der Waals surface area (Å²) in [5.74, 6) is -2.15. The lowest BCUT2D eigenvalue weighted by molar-refractivity contribution is -0.145. The molecule has 4 nitrogen and oxygen atoms in total. The third kappa shape index (κ3) is 3.67. The van der Waals surface area contributed by atoms with Crippen LogP contribution in [-0.4, -0.2) is 22.8 Å². The second kappa shape index (κ2) is 5.58. The van der Waals surface area contributed by atoms with Crippen molar-refractivity contribution in [3.63, 3.8) is 0 Å². The Hall–Kier alpha value is -1.69. The van der Waals surface area contributed by atoms with Crippen LogP contribution in [0.3, 0.4) is 0 Å². The van der Waals surface area contributed by atoms with Gasteiger partial charge in [0.25, 0.3) is 0 Å². The molecule has 0 aliphatic heterocycles. The zero-order valence-corrected chi connectivity index (χ0v) is 9.01. The molecule has 1 rings (SSSR count). The summed E-state index contributed by atoms with van der Waals surface area (Å²) < 4.78 is 27.9. The Morgan fingerprint density at radius 3 is 2.24 bits per heavy atom. The number of aliphatic carboxylic acids is 1. The van der Waals surface area contributed by atoms with Gasteiger partial charge in [-0.2, -0.15) is 8.78 Å². The number of carboxylic acid groups (broad SMARTS) is 1. The van der Waals surface area contributed by atoms with Crippen LogP contribution in [0.25, 0.3) is 0 Å². The number of aliphatic hydroxyl groups excluding tert-OH is 1. The fraction of sp³-hybridized carbons (Fsp3) is 0.364. The molecule has 0 fully saturated rings. The smallest absolute Gasteiger partial charge is 0.387 e. The van der Waals surface area contributed by atoms with E-state index in [1.54, 1.807) is 0 Å². The Kier molecular flexibility index (Phi) is 4.39. The maximum absolute atomic E-state index is 11.9. The summed E-state index contributed by atoms with van der Waals surface area (Å²) in [6.45, 7) is -1.56. The van der Waals surface area contributed by atoms with E-state index in [4.69, 9.17) is 5.11 Å². The first-order chi connectivity index (χ1) is 7.91. The second-order valence-corrected chi connectivity index (χ2v) is 3.52. The van der Waals surface area contributed by atoms with E-state index in [2.05, 4.69) is 4.74 Å². The van der Waals surface area contributed by atoms with E-state index in [1.807, 2.05) is 0 Å². The first-order valence-electron chi connectivity index (χ1n) is 4.87. The number of carboxylic acids is 1. The van der Waals surface area contributed by atoms with E-state index in [-0.39, 0.29) is 5.75 Å². The van der Waals surface area contributed by atoms with E-state index in [0.717, 1.165) is 0 Å².